The molecule has 0 aromatic heterocycles. The van der Waals surface area contributed by atoms with Gasteiger partial charge in [-0.05, 0) is 0 Å². The van der Waals surface area contributed by atoms with E-state index in [2.05, 4.69) is 0 Å². The van der Waals surface area contributed by atoms with Crippen molar-refractivity contribution in [2.24, 2.45) is 0 Å². The van der Waals surface area contributed by atoms with Crippen molar-refractivity contribution in [2.75, 3.05) is 0 Å². The third kappa shape index (κ3) is 4.94. The van der Waals surface area contributed by atoms with Crippen LogP contribution in [0.2, 0.25) is 0 Å². The van der Waals surface area contributed by atoms with E-state index < -0.39 is 80.6 Å². The fourth-order valence-electron chi connectivity index (χ4n) is 1.79. The van der Waals surface area contributed by atoms with E-state index in [1.165, 1.54) is 0 Å². The predicted octanol–water partition coefficient (Wildman–Crippen LogP) is 6.45. The molecule has 0 rings (SSSR count). The fourth-order valence-corrected chi connectivity index (χ4v) is 3.62. The van der Waals surface area contributed by atoms with Gasteiger partial charge in [0.1, 0.15) is 0 Å². The van der Waals surface area contributed by atoms with Gasteiger partial charge in [-0.3, -0.25) is 0 Å². The average molecular weight is 650 g/mol. The molecule has 0 bridgehead atoms. The van der Waals surface area contributed by atoms with Gasteiger partial charge in [-0.15, -0.1) is 0 Å². The van der Waals surface area contributed by atoms with Crippen LogP contribution < -0.4 is 0 Å². The Bertz CT molecular complexity index is 792. The first kappa shape index (κ1) is 35.7. The lowest BCUT2D eigenvalue weighted by Gasteiger charge is -2.39. The van der Waals surface area contributed by atoms with Crippen molar-refractivity contribution in [2.45, 2.75) is 58.4 Å². The van der Waals surface area contributed by atoms with Gasteiger partial charge in [0.05, 0.1) is 0 Å². The lowest BCUT2D eigenvalue weighted by Crippen LogP contribution is -2.71. The molecule has 0 unspecified atom stereocenters. The van der Waals surface area contributed by atoms with Crippen LogP contribution in [0.1, 0.15) is 0 Å². The van der Waals surface area contributed by atoms with Crippen LogP contribution in [0.3, 0.4) is 0 Å². The largest absolute Gasteiger partial charge is 0.438 e. The summed E-state index contributed by atoms with van der Waals surface area (Å²) in [6.07, 6.45) is -32.6. The molecule has 37 heavy (non-hydrogen) atoms. The van der Waals surface area contributed by atoms with Gasteiger partial charge in [-0.25, -0.2) is 17.2 Å². The van der Waals surface area contributed by atoms with Crippen molar-refractivity contribution in [3.63, 3.8) is 0 Å². The maximum Gasteiger partial charge on any atom is 0.438 e. The molecular formula is C10F22O3S2. The van der Waals surface area contributed by atoms with Crippen molar-refractivity contribution in [1.29, 1.82) is 0 Å². The molecule has 0 fully saturated rings. The van der Waals surface area contributed by atoms with E-state index in [0.29, 0.717) is 0 Å². The van der Waals surface area contributed by atoms with E-state index in [9.17, 15) is 105 Å². The fraction of sp³-hybridized carbons (Fsp3) is 1.00. The van der Waals surface area contributed by atoms with Gasteiger partial charge in [0.2, 0.25) is 22.2 Å². The molecule has 0 aromatic rings. The highest BCUT2D eigenvalue weighted by atomic mass is 32.3. The highest BCUT2D eigenvalue weighted by Gasteiger charge is 2.93. The number of halogens is 22. The molecule has 27 heteroatoms. The monoisotopic (exact) mass is 650 g/mol. The summed E-state index contributed by atoms with van der Waals surface area (Å²) in [5.74, 6) is -17.1. The van der Waals surface area contributed by atoms with E-state index in [1.807, 2.05) is 3.63 Å². The van der Waals surface area contributed by atoms with Crippen LogP contribution in [0.15, 0.2) is 0 Å². The molecular weight excluding hydrogens is 650 g/mol. The number of hydrogen-bond acceptors (Lipinski definition) is 3. The SMILES string of the molecule is O=S(OS(=O)C(F)(F)C(F)(F)C(F)(C(F)(F)F)C(F)(F)F)C(F)(F)C(F)(F)C(F)(C(F)(F)F)C(F)(F)F. The lowest BCUT2D eigenvalue weighted by molar-refractivity contribution is -0.416. The minimum Gasteiger partial charge on any atom is -0.222 e. The Kier molecular flexibility index (Phi) is 8.82. The topological polar surface area (TPSA) is 43.4 Å². The molecule has 0 aromatic carbocycles. The number of alkyl halides is 22. The first-order valence-corrected chi connectivity index (χ1v) is 9.38. The standard InChI is InChI=1S/C10F22O3S2/c11-1(5(17,18)19,6(20,21)22)3(13,14)9(29,30)36(33)35-37(34)10(31,32)4(15,16)2(12,7(23,24)25)8(26,27)28. The molecule has 0 heterocycles. The van der Waals surface area contributed by atoms with Gasteiger partial charge in [-0.1, -0.05) is 0 Å². The summed E-state index contributed by atoms with van der Waals surface area (Å²) in [5.41, 5.74) is -17.0. The second kappa shape index (κ2) is 9.14. The molecule has 0 N–H and O–H groups in total. The van der Waals surface area contributed by atoms with E-state index in [1.54, 1.807) is 0 Å². The molecule has 0 saturated carbocycles. The third-order valence-corrected chi connectivity index (χ3v) is 6.04. The summed E-state index contributed by atoms with van der Waals surface area (Å²) in [5, 5.41) is -16.1. The molecule has 0 spiro atoms. The molecule has 224 valence electrons. The smallest absolute Gasteiger partial charge is 0.222 e. The first-order chi connectivity index (χ1) is 15.5. The molecule has 0 radical (unpaired) electrons. The van der Waals surface area contributed by atoms with Crippen LogP contribution in [0, 0.1) is 0 Å². The Morgan fingerprint density at radius 1 is 0.351 bits per heavy atom. The summed E-state index contributed by atoms with van der Waals surface area (Å²) in [6, 6.07) is 0. The van der Waals surface area contributed by atoms with Crippen molar-refractivity contribution in [3.8, 4) is 0 Å². The molecule has 0 aliphatic heterocycles. The Balaban J connectivity index is 6.73. The zero-order valence-corrected chi connectivity index (χ0v) is 17.0. The molecule has 0 atom stereocenters. The van der Waals surface area contributed by atoms with Crippen LogP contribution in [0.5, 0.6) is 0 Å². The zero-order valence-electron chi connectivity index (χ0n) is 15.4. The van der Waals surface area contributed by atoms with Crippen LogP contribution in [0.4, 0.5) is 96.6 Å². The zero-order chi connectivity index (χ0) is 30.9. The average Bonchev–Trinajstić information content (AvgIpc) is 2.61. The van der Waals surface area contributed by atoms with E-state index >= 15 is 0 Å². The highest BCUT2D eigenvalue weighted by molar-refractivity contribution is 7.94. The van der Waals surface area contributed by atoms with E-state index in [-0.39, 0.29) is 0 Å². The molecule has 0 saturated heterocycles. The second-order valence-corrected chi connectivity index (χ2v) is 8.54. The summed E-state index contributed by atoms with van der Waals surface area (Å²) in [6.45, 7) is 0. The van der Waals surface area contributed by atoms with Crippen LogP contribution in [0.25, 0.3) is 0 Å². The van der Waals surface area contributed by atoms with Gasteiger partial charge < -0.3 is 0 Å². The predicted molar refractivity (Wildman–Crippen MR) is 69.1 cm³/mol. The second-order valence-electron chi connectivity index (χ2n) is 6.03. The highest BCUT2D eigenvalue weighted by Crippen LogP contribution is 2.62. The van der Waals surface area contributed by atoms with Crippen molar-refractivity contribution in [3.05, 3.63) is 0 Å². The van der Waals surface area contributed by atoms with E-state index in [0.717, 1.165) is 0 Å². The summed E-state index contributed by atoms with van der Waals surface area (Å²) in [7, 11) is 0. The van der Waals surface area contributed by atoms with Gasteiger partial charge in [0.25, 0.3) is 0 Å². The van der Waals surface area contributed by atoms with Gasteiger partial charge in [0.15, 0.2) is 0 Å². The number of rotatable bonds is 8. The molecule has 0 aliphatic rings. The quantitative estimate of drug-likeness (QED) is 0.284. The van der Waals surface area contributed by atoms with Crippen molar-refractivity contribution in [1.82, 2.24) is 0 Å². The number of hydrogen-bond donors (Lipinski definition) is 0. The van der Waals surface area contributed by atoms with Gasteiger partial charge in [0, 0.05) is 0 Å². The van der Waals surface area contributed by atoms with Crippen LogP contribution in [-0.2, 0) is 25.8 Å². The van der Waals surface area contributed by atoms with Gasteiger partial charge in [-0.2, -0.15) is 91.4 Å². The normalized spacial score (nSPS) is 18.1. The minimum atomic E-state index is -8.54. The van der Waals surface area contributed by atoms with Crippen molar-refractivity contribution >= 4 is 22.2 Å². The summed E-state index contributed by atoms with van der Waals surface area (Å²) in [4.78, 5) is 0. The Morgan fingerprint density at radius 3 is 0.649 bits per heavy atom. The minimum absolute atomic E-state index is 1.88. The first-order valence-electron chi connectivity index (χ1n) is 7.23. The molecule has 0 amide bonds. The van der Waals surface area contributed by atoms with Gasteiger partial charge >= 0.3 is 58.4 Å². The molecule has 0 aliphatic carbocycles. The maximum atomic E-state index is 13.4. The lowest BCUT2D eigenvalue weighted by atomic mass is 9.96. The van der Waals surface area contributed by atoms with Crippen molar-refractivity contribution < 1.29 is 109 Å². The maximum absolute atomic E-state index is 13.4. The Labute approximate surface area is 190 Å². The summed E-state index contributed by atoms with van der Waals surface area (Å²) < 4.78 is 304. The molecule has 3 nitrogen and oxygen atoms in total. The van der Waals surface area contributed by atoms with Crippen LogP contribution in [-0.4, -0.2) is 66.8 Å². The third-order valence-electron chi connectivity index (χ3n) is 3.70. The Hall–Kier alpha value is -1.28. The Morgan fingerprint density at radius 2 is 0.514 bits per heavy atom. The van der Waals surface area contributed by atoms with E-state index in [4.69, 9.17) is 0 Å². The summed E-state index contributed by atoms with van der Waals surface area (Å²) >= 11 is -13.2. The van der Waals surface area contributed by atoms with Crippen LogP contribution >= 0.6 is 0 Å².